The molecule has 1 amide bonds. The summed E-state index contributed by atoms with van der Waals surface area (Å²) in [5, 5.41) is 16.4. The Morgan fingerprint density at radius 2 is 1.96 bits per heavy atom. The highest BCUT2D eigenvalue weighted by Gasteiger charge is 2.31. The van der Waals surface area contributed by atoms with Gasteiger partial charge in [-0.1, -0.05) is 23.2 Å². The lowest BCUT2D eigenvalue weighted by Crippen LogP contribution is -2.39. The summed E-state index contributed by atoms with van der Waals surface area (Å²) >= 11 is 17.4. The molecular weight excluding hydrogens is 391 g/mol. The molecular formula is C18H14Cl2N4OS. The highest BCUT2D eigenvalue weighted by Crippen LogP contribution is 2.26. The zero-order valence-electron chi connectivity index (χ0n) is 13.5. The van der Waals surface area contributed by atoms with E-state index in [4.69, 9.17) is 40.7 Å². The maximum Gasteiger partial charge on any atom is 0.229 e. The average molecular weight is 405 g/mol. The van der Waals surface area contributed by atoms with E-state index in [1.54, 1.807) is 47.4 Å². The van der Waals surface area contributed by atoms with Crippen molar-refractivity contribution in [3.05, 3.63) is 58.1 Å². The lowest BCUT2D eigenvalue weighted by Gasteiger charge is -2.19. The Hall–Kier alpha value is -2.33. The number of carbonyl (C=O) groups is 1. The Morgan fingerprint density at radius 1 is 1.23 bits per heavy atom. The molecule has 8 heteroatoms. The van der Waals surface area contributed by atoms with Crippen LogP contribution < -0.4 is 15.5 Å². The smallest absolute Gasteiger partial charge is 0.229 e. The van der Waals surface area contributed by atoms with Crippen LogP contribution in [-0.4, -0.2) is 23.6 Å². The van der Waals surface area contributed by atoms with E-state index in [0.29, 0.717) is 39.4 Å². The molecule has 0 radical (unpaired) electrons. The van der Waals surface area contributed by atoms with Gasteiger partial charge in [0.05, 0.1) is 28.4 Å². The summed E-state index contributed by atoms with van der Waals surface area (Å²) in [4.78, 5) is 14.0. The van der Waals surface area contributed by atoms with Crippen molar-refractivity contribution < 1.29 is 4.79 Å². The number of benzene rings is 2. The molecule has 1 unspecified atom stereocenters. The van der Waals surface area contributed by atoms with Gasteiger partial charge < -0.3 is 15.5 Å². The second kappa shape index (κ2) is 7.92. The molecule has 0 spiro atoms. The highest BCUT2D eigenvalue weighted by atomic mass is 35.5. The molecule has 1 heterocycles. The average Bonchev–Trinajstić information content (AvgIpc) is 2.98. The predicted molar refractivity (Wildman–Crippen MR) is 108 cm³/mol. The molecule has 26 heavy (non-hydrogen) atoms. The molecule has 5 nitrogen and oxygen atoms in total. The lowest BCUT2D eigenvalue weighted by molar-refractivity contribution is -0.117. The van der Waals surface area contributed by atoms with Crippen molar-refractivity contribution in [2.45, 2.75) is 12.5 Å². The van der Waals surface area contributed by atoms with E-state index in [2.05, 4.69) is 16.7 Å². The zero-order valence-corrected chi connectivity index (χ0v) is 15.8. The summed E-state index contributed by atoms with van der Waals surface area (Å²) in [5.41, 5.74) is 1.92. The van der Waals surface area contributed by atoms with Crippen LogP contribution in [0.2, 0.25) is 10.0 Å². The van der Waals surface area contributed by atoms with Crippen LogP contribution in [0.15, 0.2) is 42.5 Å². The van der Waals surface area contributed by atoms with Gasteiger partial charge in [-0.3, -0.25) is 4.79 Å². The maximum atomic E-state index is 12.3. The molecule has 0 aliphatic carbocycles. The Morgan fingerprint density at radius 3 is 2.65 bits per heavy atom. The third kappa shape index (κ3) is 4.25. The lowest BCUT2D eigenvalue weighted by atomic mass is 10.2. The molecule has 1 aliphatic heterocycles. The van der Waals surface area contributed by atoms with Gasteiger partial charge in [0.1, 0.15) is 0 Å². The third-order valence-electron chi connectivity index (χ3n) is 3.94. The number of carbonyl (C=O) groups excluding carboxylic acids is 1. The van der Waals surface area contributed by atoms with Crippen LogP contribution in [0.5, 0.6) is 0 Å². The van der Waals surface area contributed by atoms with Crippen molar-refractivity contribution in [3.8, 4) is 6.07 Å². The van der Waals surface area contributed by atoms with Gasteiger partial charge >= 0.3 is 0 Å². The number of nitriles is 1. The van der Waals surface area contributed by atoms with Crippen molar-refractivity contribution in [1.29, 1.82) is 5.26 Å². The van der Waals surface area contributed by atoms with E-state index < -0.39 is 0 Å². The van der Waals surface area contributed by atoms with Crippen LogP contribution in [0.4, 0.5) is 11.4 Å². The first-order valence-corrected chi connectivity index (χ1v) is 8.96. The second-order valence-electron chi connectivity index (χ2n) is 5.79. The van der Waals surface area contributed by atoms with Crippen molar-refractivity contribution in [3.63, 3.8) is 0 Å². The quantitative estimate of drug-likeness (QED) is 0.757. The summed E-state index contributed by atoms with van der Waals surface area (Å²) in [6.45, 7) is 0.482. The van der Waals surface area contributed by atoms with Gasteiger partial charge in [-0.15, -0.1) is 0 Å². The number of anilines is 2. The topological polar surface area (TPSA) is 68.2 Å². The summed E-state index contributed by atoms with van der Waals surface area (Å²) in [5.74, 6) is -0.00389. The van der Waals surface area contributed by atoms with Crippen molar-refractivity contribution in [1.82, 2.24) is 5.32 Å². The number of hydrogen-bond donors (Lipinski definition) is 2. The number of thiocarbonyl (C=S) groups is 1. The van der Waals surface area contributed by atoms with E-state index in [1.165, 1.54) is 0 Å². The molecule has 2 aromatic carbocycles. The molecule has 1 atom stereocenters. The number of nitrogens with zero attached hydrogens (tertiary/aromatic N) is 2. The van der Waals surface area contributed by atoms with E-state index in [1.807, 2.05) is 0 Å². The van der Waals surface area contributed by atoms with E-state index >= 15 is 0 Å². The summed E-state index contributed by atoms with van der Waals surface area (Å²) in [7, 11) is 0. The van der Waals surface area contributed by atoms with Crippen LogP contribution in [0.3, 0.4) is 0 Å². The Labute approximate surface area is 166 Å². The van der Waals surface area contributed by atoms with E-state index in [9.17, 15) is 4.79 Å². The summed E-state index contributed by atoms with van der Waals surface area (Å²) in [6.07, 6.45) is 0.325. The zero-order chi connectivity index (χ0) is 18.7. The first kappa shape index (κ1) is 18.5. The van der Waals surface area contributed by atoms with Crippen molar-refractivity contribution in [2.75, 3.05) is 16.8 Å². The van der Waals surface area contributed by atoms with Gasteiger partial charge in [0.2, 0.25) is 5.91 Å². The van der Waals surface area contributed by atoms with Crippen LogP contribution in [0.25, 0.3) is 0 Å². The van der Waals surface area contributed by atoms with Crippen molar-refractivity contribution >= 4 is 57.8 Å². The number of hydrogen-bond acceptors (Lipinski definition) is 3. The van der Waals surface area contributed by atoms with Gasteiger partial charge in [-0.05, 0) is 54.7 Å². The predicted octanol–water partition coefficient (Wildman–Crippen LogP) is 3.96. The minimum Gasteiger partial charge on any atom is -0.357 e. The van der Waals surface area contributed by atoms with E-state index in [0.717, 1.165) is 5.69 Å². The minimum absolute atomic E-state index is 0.00389. The fraction of sp³-hybridized carbons (Fsp3) is 0.167. The van der Waals surface area contributed by atoms with Gasteiger partial charge in [-0.2, -0.15) is 5.26 Å². The van der Waals surface area contributed by atoms with E-state index in [-0.39, 0.29) is 11.9 Å². The molecule has 0 bridgehead atoms. The molecule has 1 fully saturated rings. The van der Waals surface area contributed by atoms with Crippen molar-refractivity contribution in [2.24, 2.45) is 0 Å². The summed E-state index contributed by atoms with van der Waals surface area (Å²) < 4.78 is 0. The Kier molecular flexibility index (Phi) is 5.62. The Balaban J connectivity index is 1.62. The molecule has 1 aliphatic rings. The fourth-order valence-electron chi connectivity index (χ4n) is 2.71. The van der Waals surface area contributed by atoms with Gasteiger partial charge in [0.25, 0.3) is 0 Å². The maximum absolute atomic E-state index is 12.3. The molecule has 0 saturated carbocycles. The van der Waals surface area contributed by atoms with Crippen LogP contribution in [0, 0.1) is 11.3 Å². The van der Waals surface area contributed by atoms with Gasteiger partial charge in [0, 0.05) is 23.7 Å². The molecule has 3 rings (SSSR count). The normalized spacial score (nSPS) is 16.3. The first-order valence-electron chi connectivity index (χ1n) is 7.79. The molecule has 132 valence electrons. The Bertz CT molecular complexity index is 895. The standard InChI is InChI=1S/C18H14Cl2N4OS/c19-12-3-6-15(20)16(7-12)23-18(26)22-13-8-17(25)24(10-13)14-4-1-11(9-21)2-5-14/h1-7,13H,8,10H2,(H2,22,23,26). The third-order valence-corrected chi connectivity index (χ3v) is 4.73. The minimum atomic E-state index is -0.129. The monoisotopic (exact) mass is 404 g/mol. The van der Waals surface area contributed by atoms with Crippen LogP contribution in [0.1, 0.15) is 12.0 Å². The van der Waals surface area contributed by atoms with Gasteiger partial charge in [-0.25, -0.2) is 0 Å². The molecule has 0 aromatic heterocycles. The fourth-order valence-corrected chi connectivity index (χ4v) is 3.32. The molecule has 2 N–H and O–H groups in total. The number of halogens is 2. The van der Waals surface area contributed by atoms with Gasteiger partial charge in [0.15, 0.2) is 5.11 Å². The number of nitrogens with one attached hydrogen (secondary N) is 2. The SMILES string of the molecule is N#Cc1ccc(N2CC(NC(=S)Nc3cc(Cl)ccc3Cl)CC2=O)cc1. The molecule has 1 saturated heterocycles. The van der Waals surface area contributed by atoms with Crippen LogP contribution >= 0.6 is 35.4 Å². The largest absolute Gasteiger partial charge is 0.357 e. The first-order chi connectivity index (χ1) is 12.5. The second-order valence-corrected chi connectivity index (χ2v) is 7.04. The molecule has 2 aromatic rings. The number of rotatable bonds is 3. The number of amides is 1. The highest BCUT2D eigenvalue weighted by molar-refractivity contribution is 7.80. The summed E-state index contributed by atoms with van der Waals surface area (Å²) in [6, 6.07) is 13.9. The van der Waals surface area contributed by atoms with Crippen LogP contribution in [-0.2, 0) is 4.79 Å².